The van der Waals surface area contributed by atoms with Crippen LogP contribution in [0, 0.1) is 5.92 Å². The van der Waals surface area contributed by atoms with Crippen LogP contribution in [0.15, 0.2) is 36.5 Å². The molecule has 2 rings (SSSR count). The van der Waals surface area contributed by atoms with Crippen molar-refractivity contribution in [2.75, 3.05) is 0 Å². The molecule has 0 amide bonds. The van der Waals surface area contributed by atoms with Crippen molar-refractivity contribution in [3.8, 4) is 5.75 Å². The Balaban J connectivity index is 2.21. The maximum absolute atomic E-state index is 11.2. The smallest absolute Gasteiger partial charge is 0.344 e. The Morgan fingerprint density at radius 3 is 2.84 bits per heavy atom. The zero-order chi connectivity index (χ0) is 13.8. The molecule has 2 aromatic rings. The van der Waals surface area contributed by atoms with Crippen molar-refractivity contribution >= 4 is 16.9 Å². The van der Waals surface area contributed by atoms with Gasteiger partial charge in [0.05, 0.1) is 5.52 Å². The highest BCUT2D eigenvalue weighted by atomic mass is 16.5. The fraction of sp³-hybridized carbons (Fsp3) is 0.333. The Labute approximate surface area is 112 Å². The molecule has 1 atom stereocenters. The van der Waals surface area contributed by atoms with Crippen LogP contribution in [-0.2, 0) is 4.79 Å². The third-order valence-electron chi connectivity index (χ3n) is 2.82. The van der Waals surface area contributed by atoms with Crippen LogP contribution in [0.25, 0.3) is 10.9 Å². The second kappa shape index (κ2) is 5.69. The predicted molar refractivity (Wildman–Crippen MR) is 73.2 cm³/mol. The number of rotatable bonds is 5. The van der Waals surface area contributed by atoms with Crippen LogP contribution in [0.5, 0.6) is 5.75 Å². The predicted octanol–water partition coefficient (Wildman–Crippen LogP) is 3.11. The number of pyridine rings is 1. The number of fused-ring (bicyclic) bond motifs is 1. The van der Waals surface area contributed by atoms with Gasteiger partial charge in [0.25, 0.3) is 0 Å². The number of nitrogens with zero attached hydrogens (tertiary/aromatic N) is 1. The fourth-order valence-electron chi connectivity index (χ4n) is 1.91. The van der Waals surface area contributed by atoms with Crippen molar-refractivity contribution in [2.45, 2.75) is 26.4 Å². The van der Waals surface area contributed by atoms with E-state index in [1.54, 1.807) is 18.3 Å². The summed E-state index contributed by atoms with van der Waals surface area (Å²) in [5.41, 5.74) is 0.800. The number of aliphatic carboxylic acids is 1. The molecule has 0 radical (unpaired) electrons. The van der Waals surface area contributed by atoms with Crippen LogP contribution in [0.2, 0.25) is 0 Å². The molecular weight excluding hydrogens is 242 g/mol. The standard InChI is InChI=1S/C15H17NO3/c1-10(2)8-14(15(17)18)19-12-6-5-11-4-3-7-16-13(11)9-12/h3-7,9-10,14H,8H2,1-2H3,(H,17,18)/t14-/m1/s1. The zero-order valence-corrected chi connectivity index (χ0v) is 11.0. The summed E-state index contributed by atoms with van der Waals surface area (Å²) in [5, 5.41) is 10.2. The van der Waals surface area contributed by atoms with Crippen LogP contribution in [0.4, 0.5) is 0 Å². The van der Waals surface area contributed by atoms with E-state index in [-0.39, 0.29) is 5.92 Å². The second-order valence-electron chi connectivity index (χ2n) is 4.93. The van der Waals surface area contributed by atoms with Gasteiger partial charge in [-0.25, -0.2) is 4.79 Å². The number of hydrogen-bond acceptors (Lipinski definition) is 3. The molecule has 0 spiro atoms. The van der Waals surface area contributed by atoms with Crippen molar-refractivity contribution in [3.05, 3.63) is 36.5 Å². The molecular formula is C15H17NO3. The van der Waals surface area contributed by atoms with E-state index in [0.717, 1.165) is 10.9 Å². The SMILES string of the molecule is CC(C)C[C@@H](Oc1ccc2cccnc2c1)C(=O)O. The third-order valence-corrected chi connectivity index (χ3v) is 2.82. The normalized spacial score (nSPS) is 12.6. The van der Waals surface area contributed by atoms with E-state index in [1.807, 2.05) is 32.0 Å². The molecule has 1 N–H and O–H groups in total. The van der Waals surface area contributed by atoms with Gasteiger partial charge in [-0.3, -0.25) is 4.98 Å². The van der Waals surface area contributed by atoms with E-state index in [0.29, 0.717) is 12.2 Å². The first-order chi connectivity index (χ1) is 9.06. The summed E-state index contributed by atoms with van der Waals surface area (Å²) in [4.78, 5) is 15.4. The summed E-state index contributed by atoms with van der Waals surface area (Å²) in [6.07, 6.45) is 1.37. The number of aromatic nitrogens is 1. The summed E-state index contributed by atoms with van der Waals surface area (Å²) in [6, 6.07) is 9.24. The molecule has 4 heteroatoms. The lowest BCUT2D eigenvalue weighted by Gasteiger charge is -2.17. The van der Waals surface area contributed by atoms with Crippen LogP contribution >= 0.6 is 0 Å². The Morgan fingerprint density at radius 2 is 2.16 bits per heavy atom. The average Bonchev–Trinajstić information content (AvgIpc) is 2.37. The van der Waals surface area contributed by atoms with Gasteiger partial charge in [0, 0.05) is 17.6 Å². The number of carboxylic acids is 1. The second-order valence-corrected chi connectivity index (χ2v) is 4.93. The van der Waals surface area contributed by atoms with Gasteiger partial charge in [-0.2, -0.15) is 0 Å². The minimum absolute atomic E-state index is 0.264. The Bertz CT molecular complexity index is 580. The van der Waals surface area contributed by atoms with E-state index in [4.69, 9.17) is 9.84 Å². The number of carbonyl (C=O) groups is 1. The Morgan fingerprint density at radius 1 is 1.37 bits per heavy atom. The molecule has 0 saturated carbocycles. The first-order valence-corrected chi connectivity index (χ1v) is 6.30. The van der Waals surface area contributed by atoms with Gasteiger partial charge in [-0.05, 0) is 30.5 Å². The molecule has 0 bridgehead atoms. The van der Waals surface area contributed by atoms with Crippen molar-refractivity contribution in [1.29, 1.82) is 0 Å². The van der Waals surface area contributed by atoms with E-state index in [2.05, 4.69) is 4.98 Å². The lowest BCUT2D eigenvalue weighted by Crippen LogP contribution is -2.28. The topological polar surface area (TPSA) is 59.4 Å². The molecule has 100 valence electrons. The minimum atomic E-state index is -0.935. The molecule has 0 fully saturated rings. The van der Waals surface area contributed by atoms with Crippen molar-refractivity contribution in [2.24, 2.45) is 5.92 Å². The molecule has 1 heterocycles. The van der Waals surface area contributed by atoms with E-state index in [1.165, 1.54) is 0 Å². The van der Waals surface area contributed by atoms with E-state index < -0.39 is 12.1 Å². The summed E-state index contributed by atoms with van der Waals surface area (Å²) < 4.78 is 5.56. The van der Waals surface area contributed by atoms with E-state index in [9.17, 15) is 4.79 Å². The van der Waals surface area contributed by atoms with Crippen molar-refractivity contribution in [3.63, 3.8) is 0 Å². The highest BCUT2D eigenvalue weighted by molar-refractivity contribution is 5.80. The average molecular weight is 259 g/mol. The molecule has 4 nitrogen and oxygen atoms in total. The van der Waals surface area contributed by atoms with Gasteiger partial charge in [0.1, 0.15) is 5.75 Å². The number of ether oxygens (including phenoxy) is 1. The molecule has 0 unspecified atom stereocenters. The quantitative estimate of drug-likeness (QED) is 0.896. The molecule has 0 saturated heterocycles. The maximum atomic E-state index is 11.2. The summed E-state index contributed by atoms with van der Waals surface area (Å²) >= 11 is 0. The van der Waals surface area contributed by atoms with Crippen LogP contribution in [0.3, 0.4) is 0 Å². The first kappa shape index (κ1) is 13.3. The van der Waals surface area contributed by atoms with Gasteiger partial charge in [0.2, 0.25) is 0 Å². The van der Waals surface area contributed by atoms with Crippen LogP contribution in [-0.4, -0.2) is 22.2 Å². The zero-order valence-electron chi connectivity index (χ0n) is 11.0. The molecule has 1 aromatic heterocycles. The Kier molecular flexibility index (Phi) is 4.00. The molecule has 0 aliphatic carbocycles. The first-order valence-electron chi connectivity index (χ1n) is 6.30. The van der Waals surface area contributed by atoms with Crippen molar-refractivity contribution in [1.82, 2.24) is 4.98 Å². The fourth-order valence-corrected chi connectivity index (χ4v) is 1.91. The molecule has 0 aliphatic heterocycles. The van der Waals surface area contributed by atoms with Gasteiger partial charge < -0.3 is 9.84 Å². The summed E-state index contributed by atoms with van der Waals surface area (Å²) in [7, 11) is 0. The minimum Gasteiger partial charge on any atom is -0.479 e. The largest absolute Gasteiger partial charge is 0.479 e. The Hall–Kier alpha value is -2.10. The monoisotopic (exact) mass is 259 g/mol. The van der Waals surface area contributed by atoms with Crippen LogP contribution < -0.4 is 4.74 Å². The molecule has 19 heavy (non-hydrogen) atoms. The number of benzene rings is 1. The summed E-state index contributed by atoms with van der Waals surface area (Å²) in [5.74, 6) is -0.131. The van der Waals surface area contributed by atoms with Gasteiger partial charge in [0.15, 0.2) is 6.10 Å². The number of hydrogen-bond donors (Lipinski definition) is 1. The van der Waals surface area contributed by atoms with Crippen LogP contribution in [0.1, 0.15) is 20.3 Å². The highest BCUT2D eigenvalue weighted by Gasteiger charge is 2.20. The third kappa shape index (κ3) is 3.44. The summed E-state index contributed by atoms with van der Waals surface area (Å²) in [6.45, 7) is 3.95. The van der Waals surface area contributed by atoms with Gasteiger partial charge in [-0.15, -0.1) is 0 Å². The van der Waals surface area contributed by atoms with E-state index >= 15 is 0 Å². The molecule has 0 aliphatic rings. The number of carboxylic acid groups (broad SMARTS) is 1. The van der Waals surface area contributed by atoms with Gasteiger partial charge >= 0.3 is 5.97 Å². The van der Waals surface area contributed by atoms with Crippen molar-refractivity contribution < 1.29 is 14.6 Å². The molecule has 1 aromatic carbocycles. The van der Waals surface area contributed by atoms with Gasteiger partial charge in [-0.1, -0.05) is 19.9 Å². The highest BCUT2D eigenvalue weighted by Crippen LogP contribution is 2.21. The lowest BCUT2D eigenvalue weighted by atomic mass is 10.1. The maximum Gasteiger partial charge on any atom is 0.344 e. The lowest BCUT2D eigenvalue weighted by molar-refractivity contribution is -0.145.